The fourth-order valence-corrected chi connectivity index (χ4v) is 3.52. The van der Waals surface area contributed by atoms with E-state index in [0.29, 0.717) is 24.5 Å². The average molecular weight is 406 g/mol. The van der Waals surface area contributed by atoms with Gasteiger partial charge in [-0.1, -0.05) is 23.7 Å². The van der Waals surface area contributed by atoms with E-state index in [-0.39, 0.29) is 11.5 Å². The molecule has 28 heavy (non-hydrogen) atoms. The Morgan fingerprint density at radius 3 is 2.57 bits per heavy atom. The molecule has 0 aliphatic carbocycles. The average Bonchev–Trinajstić information content (AvgIpc) is 3.10. The summed E-state index contributed by atoms with van der Waals surface area (Å²) in [7, 11) is 0. The number of carbonyl (C=O) groups excluding carboxylic acids is 1. The highest BCUT2D eigenvalue weighted by molar-refractivity contribution is 6.30. The number of carbonyl (C=O) groups is 1. The summed E-state index contributed by atoms with van der Waals surface area (Å²) in [6, 6.07) is 11.6. The molecule has 4 rings (SSSR count). The van der Waals surface area contributed by atoms with Gasteiger partial charge in [0.25, 0.3) is 5.91 Å². The second-order valence-electron chi connectivity index (χ2n) is 6.59. The fourth-order valence-electron chi connectivity index (χ4n) is 3.33. The number of aromatic nitrogens is 2. The van der Waals surface area contributed by atoms with E-state index in [2.05, 4.69) is 10.2 Å². The summed E-state index contributed by atoms with van der Waals surface area (Å²) in [6.45, 7) is 0.789. The van der Waals surface area contributed by atoms with Gasteiger partial charge in [-0.3, -0.25) is 9.89 Å². The lowest BCUT2D eigenvalue weighted by Gasteiger charge is -2.27. The maximum atomic E-state index is 12.8. The summed E-state index contributed by atoms with van der Waals surface area (Å²) < 4.78 is 38.2. The number of nitrogens with one attached hydrogen (secondary N) is 1. The molecule has 0 unspecified atom stereocenters. The van der Waals surface area contributed by atoms with Crippen molar-refractivity contribution >= 4 is 17.5 Å². The number of fused-ring (bicyclic) bond motifs is 1. The third kappa shape index (κ3) is 3.49. The van der Waals surface area contributed by atoms with Crippen LogP contribution in [0.3, 0.4) is 0 Å². The predicted molar refractivity (Wildman–Crippen MR) is 98.9 cm³/mol. The Bertz CT molecular complexity index is 1030. The van der Waals surface area contributed by atoms with Gasteiger partial charge in [-0.15, -0.1) is 0 Å². The Labute approximate surface area is 163 Å². The first-order chi connectivity index (χ1) is 13.3. The molecule has 1 N–H and O–H groups in total. The van der Waals surface area contributed by atoms with Gasteiger partial charge in [-0.05, 0) is 36.4 Å². The van der Waals surface area contributed by atoms with Crippen molar-refractivity contribution < 1.29 is 18.0 Å². The van der Waals surface area contributed by atoms with Crippen molar-refractivity contribution in [1.82, 2.24) is 15.1 Å². The van der Waals surface area contributed by atoms with Gasteiger partial charge in [0, 0.05) is 46.9 Å². The summed E-state index contributed by atoms with van der Waals surface area (Å²) in [5, 5.41) is 7.97. The van der Waals surface area contributed by atoms with Crippen LogP contribution < -0.4 is 0 Å². The zero-order valence-electron chi connectivity index (χ0n) is 14.6. The summed E-state index contributed by atoms with van der Waals surface area (Å²) in [6.07, 6.45) is -3.83. The maximum absolute atomic E-state index is 12.8. The van der Waals surface area contributed by atoms with Crippen molar-refractivity contribution in [3.05, 3.63) is 75.9 Å². The molecule has 8 heteroatoms. The smallest absolute Gasteiger partial charge is 0.334 e. The highest BCUT2D eigenvalue weighted by Gasteiger charge is 2.31. The largest absolute Gasteiger partial charge is 0.416 e. The van der Waals surface area contributed by atoms with Gasteiger partial charge in [-0.2, -0.15) is 18.3 Å². The molecule has 2 aromatic carbocycles. The lowest BCUT2D eigenvalue weighted by Crippen LogP contribution is -2.36. The van der Waals surface area contributed by atoms with Crippen molar-refractivity contribution in [2.24, 2.45) is 0 Å². The molecule has 0 atom stereocenters. The van der Waals surface area contributed by atoms with Gasteiger partial charge >= 0.3 is 6.18 Å². The molecule has 0 saturated heterocycles. The molecule has 1 amide bonds. The van der Waals surface area contributed by atoms with Gasteiger partial charge in [0.05, 0.1) is 11.3 Å². The van der Waals surface area contributed by atoms with E-state index in [4.69, 9.17) is 11.6 Å². The second-order valence-corrected chi connectivity index (χ2v) is 7.03. The predicted octanol–water partition coefficient (Wildman–Crippen LogP) is 4.95. The Balaban J connectivity index is 1.58. The monoisotopic (exact) mass is 405 g/mol. The van der Waals surface area contributed by atoms with E-state index in [1.165, 1.54) is 12.1 Å². The second kappa shape index (κ2) is 6.98. The third-order valence-electron chi connectivity index (χ3n) is 4.78. The molecule has 144 valence electrons. The minimum atomic E-state index is -4.43. The highest BCUT2D eigenvalue weighted by Crippen LogP contribution is 2.31. The molecule has 0 radical (unpaired) electrons. The molecule has 1 aliphatic heterocycles. The van der Waals surface area contributed by atoms with Crippen LogP contribution in [-0.4, -0.2) is 27.5 Å². The molecule has 0 fully saturated rings. The first-order valence-electron chi connectivity index (χ1n) is 8.61. The molecular formula is C20H15ClF3N3O. The van der Waals surface area contributed by atoms with E-state index in [0.717, 1.165) is 34.6 Å². The number of H-pyrrole nitrogens is 1. The molecular weight excluding hydrogens is 391 g/mol. The van der Waals surface area contributed by atoms with Crippen LogP contribution in [-0.2, 0) is 19.1 Å². The molecule has 4 nitrogen and oxygen atoms in total. The van der Waals surface area contributed by atoms with Crippen LogP contribution in [0.1, 0.15) is 27.2 Å². The Morgan fingerprint density at radius 1 is 1.14 bits per heavy atom. The van der Waals surface area contributed by atoms with Crippen molar-refractivity contribution in [2.45, 2.75) is 19.1 Å². The van der Waals surface area contributed by atoms with Gasteiger partial charge in [0.2, 0.25) is 0 Å². The zero-order chi connectivity index (χ0) is 19.9. The minimum absolute atomic E-state index is 0.226. The minimum Gasteiger partial charge on any atom is -0.334 e. The molecule has 0 saturated carbocycles. The van der Waals surface area contributed by atoms with Crippen LogP contribution >= 0.6 is 11.6 Å². The van der Waals surface area contributed by atoms with Gasteiger partial charge in [-0.25, -0.2) is 0 Å². The van der Waals surface area contributed by atoms with Crippen LogP contribution in [0.2, 0.25) is 5.02 Å². The summed E-state index contributed by atoms with van der Waals surface area (Å²) in [4.78, 5) is 14.4. The normalized spacial score (nSPS) is 14.1. The molecule has 1 aliphatic rings. The number of hydrogen-bond donors (Lipinski definition) is 1. The van der Waals surface area contributed by atoms with E-state index < -0.39 is 11.7 Å². The van der Waals surface area contributed by atoms with Crippen molar-refractivity contribution in [3.63, 3.8) is 0 Å². The van der Waals surface area contributed by atoms with Crippen molar-refractivity contribution in [1.29, 1.82) is 0 Å². The van der Waals surface area contributed by atoms with Crippen LogP contribution in [0.5, 0.6) is 0 Å². The number of alkyl halides is 3. The molecule has 3 aromatic rings. The Morgan fingerprint density at radius 2 is 1.89 bits per heavy atom. The van der Waals surface area contributed by atoms with Crippen LogP contribution in [0.25, 0.3) is 11.3 Å². The fraction of sp³-hybridized carbons (Fsp3) is 0.200. The van der Waals surface area contributed by atoms with Crippen LogP contribution in [0, 0.1) is 0 Å². The number of aromatic amines is 1. The van der Waals surface area contributed by atoms with Crippen molar-refractivity contribution in [2.75, 3.05) is 6.54 Å². The standard InChI is InChI=1S/C20H15ClF3N3O/c21-15-3-1-2-13(10-15)18-16-11-27(9-8-17(16)25-26-18)19(28)12-4-6-14(7-5-12)20(22,23)24/h1-7,10H,8-9,11H2,(H,25,26). The molecule has 0 spiro atoms. The first kappa shape index (κ1) is 18.6. The zero-order valence-corrected chi connectivity index (χ0v) is 15.3. The first-order valence-corrected chi connectivity index (χ1v) is 8.99. The molecule has 1 aromatic heterocycles. The molecule has 0 bridgehead atoms. The number of rotatable bonds is 2. The third-order valence-corrected chi connectivity index (χ3v) is 5.01. The number of benzene rings is 2. The summed E-state index contributed by atoms with van der Waals surface area (Å²) in [5.74, 6) is -0.308. The number of hydrogen-bond acceptors (Lipinski definition) is 2. The molecule has 2 heterocycles. The van der Waals surface area contributed by atoms with Gasteiger partial charge < -0.3 is 4.90 Å². The van der Waals surface area contributed by atoms with E-state index >= 15 is 0 Å². The SMILES string of the molecule is O=C(c1ccc(C(F)(F)F)cc1)N1CCc2[nH]nc(-c3cccc(Cl)c3)c2C1. The Kier molecular flexibility index (Phi) is 4.63. The summed E-state index contributed by atoms with van der Waals surface area (Å²) in [5.41, 5.74) is 2.86. The lowest BCUT2D eigenvalue weighted by molar-refractivity contribution is -0.137. The quantitative estimate of drug-likeness (QED) is 0.656. The van der Waals surface area contributed by atoms with Crippen molar-refractivity contribution in [3.8, 4) is 11.3 Å². The van der Waals surface area contributed by atoms with Gasteiger partial charge in [0.1, 0.15) is 0 Å². The van der Waals surface area contributed by atoms with E-state index in [1.807, 2.05) is 12.1 Å². The summed E-state index contributed by atoms with van der Waals surface area (Å²) >= 11 is 6.07. The van der Waals surface area contributed by atoms with E-state index in [1.54, 1.807) is 17.0 Å². The lowest BCUT2D eigenvalue weighted by atomic mass is 10.00. The van der Waals surface area contributed by atoms with Crippen LogP contribution in [0.4, 0.5) is 13.2 Å². The maximum Gasteiger partial charge on any atom is 0.416 e. The number of nitrogens with zero attached hydrogens (tertiary/aromatic N) is 2. The number of halogens is 4. The van der Waals surface area contributed by atoms with Gasteiger partial charge in [0.15, 0.2) is 0 Å². The topological polar surface area (TPSA) is 49.0 Å². The number of amides is 1. The highest BCUT2D eigenvalue weighted by atomic mass is 35.5. The van der Waals surface area contributed by atoms with E-state index in [9.17, 15) is 18.0 Å². The van der Waals surface area contributed by atoms with Crippen LogP contribution in [0.15, 0.2) is 48.5 Å². The Hall–Kier alpha value is -2.80.